The van der Waals surface area contributed by atoms with Crippen LogP contribution in [0.5, 0.6) is 0 Å². The zero-order valence-electron chi connectivity index (χ0n) is 7.06. The number of aromatic nitrogens is 2. The lowest BCUT2D eigenvalue weighted by atomic mass is 10.2. The molecule has 0 aliphatic heterocycles. The first kappa shape index (κ1) is 8.02. The van der Waals surface area contributed by atoms with Gasteiger partial charge < -0.3 is 0 Å². The summed E-state index contributed by atoms with van der Waals surface area (Å²) in [4.78, 5) is 0. The summed E-state index contributed by atoms with van der Waals surface area (Å²) in [6.45, 7) is 0. The van der Waals surface area contributed by atoms with E-state index < -0.39 is 0 Å². The Kier molecular flexibility index (Phi) is 1.87. The molecule has 0 bridgehead atoms. The van der Waals surface area contributed by atoms with Crippen LogP contribution in [0.1, 0.15) is 5.56 Å². The van der Waals surface area contributed by atoms with Crippen molar-refractivity contribution in [1.29, 1.82) is 5.26 Å². The first-order chi connectivity index (χ1) is 6.31. The molecule has 0 unspecified atom stereocenters. The molecule has 0 aliphatic rings. The van der Waals surface area contributed by atoms with Crippen LogP contribution in [-0.4, -0.2) is 9.78 Å². The Hall–Kier alpha value is -1.60. The quantitative estimate of drug-likeness (QED) is 0.688. The maximum absolute atomic E-state index is 8.83. The molecule has 64 valence electrons. The molecule has 0 spiro atoms. The minimum atomic E-state index is 0.626. The SMILES string of the molecule is Cn1cc(C#N)c(-c2ccsc2)n1. The van der Waals surface area contributed by atoms with Crippen molar-refractivity contribution in [2.75, 3.05) is 0 Å². The van der Waals surface area contributed by atoms with Crippen LogP contribution < -0.4 is 0 Å². The molecule has 0 fully saturated rings. The summed E-state index contributed by atoms with van der Waals surface area (Å²) in [5.74, 6) is 0. The Morgan fingerprint density at radius 1 is 1.62 bits per heavy atom. The van der Waals surface area contributed by atoms with Crippen LogP contribution in [0.25, 0.3) is 11.3 Å². The van der Waals surface area contributed by atoms with Crippen molar-refractivity contribution in [1.82, 2.24) is 9.78 Å². The molecule has 2 aromatic rings. The second-order valence-corrected chi connectivity index (χ2v) is 3.47. The van der Waals surface area contributed by atoms with E-state index in [9.17, 15) is 0 Å². The first-order valence-electron chi connectivity index (χ1n) is 3.77. The predicted molar refractivity (Wildman–Crippen MR) is 51.2 cm³/mol. The second-order valence-electron chi connectivity index (χ2n) is 2.69. The van der Waals surface area contributed by atoms with Gasteiger partial charge in [0.1, 0.15) is 11.8 Å². The molecule has 0 aliphatic carbocycles. The Morgan fingerprint density at radius 3 is 3.08 bits per heavy atom. The van der Waals surface area contributed by atoms with E-state index in [1.807, 2.05) is 23.9 Å². The molecular formula is C9H7N3S. The lowest BCUT2D eigenvalue weighted by molar-refractivity contribution is 0.771. The van der Waals surface area contributed by atoms with Crippen LogP contribution >= 0.6 is 11.3 Å². The van der Waals surface area contributed by atoms with E-state index in [2.05, 4.69) is 11.2 Å². The standard InChI is InChI=1S/C9H7N3S/c1-12-5-8(4-10)9(11-12)7-2-3-13-6-7/h2-3,5-6H,1H3. The van der Waals surface area contributed by atoms with Crippen LogP contribution in [0.15, 0.2) is 23.0 Å². The number of rotatable bonds is 1. The smallest absolute Gasteiger partial charge is 0.111 e. The highest BCUT2D eigenvalue weighted by atomic mass is 32.1. The van der Waals surface area contributed by atoms with Crippen molar-refractivity contribution in [3.63, 3.8) is 0 Å². The van der Waals surface area contributed by atoms with Crippen molar-refractivity contribution in [3.8, 4) is 17.3 Å². The van der Waals surface area contributed by atoms with Crippen molar-refractivity contribution in [2.45, 2.75) is 0 Å². The van der Waals surface area contributed by atoms with Gasteiger partial charge in [0.25, 0.3) is 0 Å². The van der Waals surface area contributed by atoms with Crippen LogP contribution in [0.2, 0.25) is 0 Å². The largest absolute Gasteiger partial charge is 0.274 e. The Balaban J connectivity index is 2.59. The molecular weight excluding hydrogens is 182 g/mol. The van der Waals surface area contributed by atoms with Crippen LogP contribution in [0.4, 0.5) is 0 Å². The van der Waals surface area contributed by atoms with E-state index in [4.69, 9.17) is 5.26 Å². The number of nitriles is 1. The van der Waals surface area contributed by atoms with Crippen molar-refractivity contribution < 1.29 is 0 Å². The number of thiophene rings is 1. The highest BCUT2D eigenvalue weighted by Gasteiger charge is 2.08. The summed E-state index contributed by atoms with van der Waals surface area (Å²) in [6, 6.07) is 4.09. The number of hydrogen-bond acceptors (Lipinski definition) is 3. The van der Waals surface area contributed by atoms with Crippen molar-refractivity contribution >= 4 is 11.3 Å². The molecule has 0 saturated carbocycles. The zero-order valence-corrected chi connectivity index (χ0v) is 7.88. The minimum Gasteiger partial charge on any atom is -0.274 e. The Morgan fingerprint density at radius 2 is 2.46 bits per heavy atom. The summed E-state index contributed by atoms with van der Waals surface area (Å²) < 4.78 is 1.66. The molecule has 2 aromatic heterocycles. The summed E-state index contributed by atoms with van der Waals surface area (Å²) in [5, 5.41) is 17.0. The predicted octanol–water partition coefficient (Wildman–Crippen LogP) is 2.02. The maximum atomic E-state index is 8.83. The molecule has 0 atom stereocenters. The highest BCUT2D eigenvalue weighted by Crippen LogP contribution is 2.23. The van der Waals surface area contributed by atoms with Gasteiger partial charge in [0.15, 0.2) is 0 Å². The molecule has 2 rings (SSSR count). The van der Waals surface area contributed by atoms with Crippen molar-refractivity contribution in [3.05, 3.63) is 28.6 Å². The third kappa shape index (κ3) is 1.34. The molecule has 13 heavy (non-hydrogen) atoms. The fourth-order valence-electron chi connectivity index (χ4n) is 1.18. The summed E-state index contributed by atoms with van der Waals surface area (Å²) in [5.41, 5.74) is 2.41. The van der Waals surface area contributed by atoms with E-state index in [-0.39, 0.29) is 0 Å². The monoisotopic (exact) mass is 189 g/mol. The van der Waals surface area contributed by atoms with Crippen LogP contribution in [0, 0.1) is 11.3 Å². The van der Waals surface area contributed by atoms with Gasteiger partial charge in [-0.2, -0.15) is 21.7 Å². The maximum Gasteiger partial charge on any atom is 0.111 e. The molecule has 0 aromatic carbocycles. The fraction of sp³-hybridized carbons (Fsp3) is 0.111. The van der Waals surface area contributed by atoms with Crippen LogP contribution in [0.3, 0.4) is 0 Å². The lowest BCUT2D eigenvalue weighted by Crippen LogP contribution is -1.86. The van der Waals surface area contributed by atoms with Gasteiger partial charge in [-0.15, -0.1) is 0 Å². The molecule has 0 amide bonds. The number of hydrogen-bond donors (Lipinski definition) is 0. The van der Waals surface area contributed by atoms with Crippen LogP contribution in [-0.2, 0) is 7.05 Å². The van der Waals surface area contributed by atoms with Gasteiger partial charge in [-0.3, -0.25) is 4.68 Å². The van der Waals surface area contributed by atoms with Gasteiger partial charge >= 0.3 is 0 Å². The summed E-state index contributed by atoms with van der Waals surface area (Å²) in [7, 11) is 1.82. The molecule has 0 saturated heterocycles. The molecule has 3 nitrogen and oxygen atoms in total. The lowest BCUT2D eigenvalue weighted by Gasteiger charge is -1.89. The van der Waals surface area contributed by atoms with Gasteiger partial charge in [0, 0.05) is 24.2 Å². The number of aryl methyl sites for hydroxylation is 1. The van der Waals surface area contributed by atoms with E-state index in [1.165, 1.54) is 0 Å². The third-order valence-corrected chi connectivity index (χ3v) is 2.43. The van der Waals surface area contributed by atoms with E-state index in [1.54, 1.807) is 22.2 Å². The average molecular weight is 189 g/mol. The second kappa shape index (κ2) is 3.04. The van der Waals surface area contributed by atoms with Gasteiger partial charge in [-0.05, 0) is 11.4 Å². The van der Waals surface area contributed by atoms with Gasteiger partial charge in [0.2, 0.25) is 0 Å². The number of nitrogens with zero attached hydrogens (tertiary/aromatic N) is 3. The van der Waals surface area contributed by atoms with Gasteiger partial charge in [-0.1, -0.05) is 0 Å². The van der Waals surface area contributed by atoms with Gasteiger partial charge in [0.05, 0.1) is 5.56 Å². The zero-order chi connectivity index (χ0) is 9.26. The van der Waals surface area contributed by atoms with Crippen molar-refractivity contribution in [2.24, 2.45) is 7.05 Å². The Bertz CT molecular complexity index is 448. The average Bonchev–Trinajstić information content (AvgIpc) is 2.71. The van der Waals surface area contributed by atoms with E-state index >= 15 is 0 Å². The summed E-state index contributed by atoms with van der Waals surface area (Å²) in [6.07, 6.45) is 1.73. The van der Waals surface area contributed by atoms with Gasteiger partial charge in [-0.25, -0.2) is 0 Å². The van der Waals surface area contributed by atoms with E-state index in [0.29, 0.717) is 5.56 Å². The minimum absolute atomic E-state index is 0.626. The molecule has 0 radical (unpaired) electrons. The highest BCUT2D eigenvalue weighted by molar-refractivity contribution is 7.08. The first-order valence-corrected chi connectivity index (χ1v) is 4.72. The fourth-order valence-corrected chi connectivity index (χ4v) is 1.82. The molecule has 0 N–H and O–H groups in total. The Labute approximate surface area is 79.9 Å². The topological polar surface area (TPSA) is 41.6 Å². The molecule has 2 heterocycles. The normalized spacial score (nSPS) is 9.85. The molecule has 4 heteroatoms. The summed E-state index contributed by atoms with van der Waals surface area (Å²) >= 11 is 1.60. The third-order valence-electron chi connectivity index (χ3n) is 1.74. The van der Waals surface area contributed by atoms with E-state index in [0.717, 1.165) is 11.3 Å².